The van der Waals surface area contributed by atoms with Gasteiger partial charge in [-0.25, -0.2) is 9.97 Å². The highest BCUT2D eigenvalue weighted by molar-refractivity contribution is 5.77. The summed E-state index contributed by atoms with van der Waals surface area (Å²) in [5, 5.41) is 27.7. The molecule has 11 heteroatoms. The Labute approximate surface area is 158 Å². The van der Waals surface area contributed by atoms with Crippen LogP contribution < -0.4 is 4.84 Å². The summed E-state index contributed by atoms with van der Waals surface area (Å²) in [5.74, 6) is -0.0440. The Balaban J connectivity index is 1.53. The van der Waals surface area contributed by atoms with E-state index < -0.39 is 18.4 Å². The van der Waals surface area contributed by atoms with E-state index in [0.717, 1.165) is 0 Å². The summed E-state index contributed by atoms with van der Waals surface area (Å²) >= 11 is 0. The Kier molecular flexibility index (Phi) is 3.93. The number of benzene rings is 1. The van der Waals surface area contributed by atoms with E-state index in [9.17, 15) is 10.2 Å². The lowest BCUT2D eigenvalue weighted by Crippen LogP contribution is -2.28. The summed E-state index contributed by atoms with van der Waals surface area (Å²) in [6.45, 7) is 1.58. The van der Waals surface area contributed by atoms with Crippen LogP contribution in [0.2, 0.25) is 0 Å². The lowest BCUT2D eigenvalue weighted by molar-refractivity contribution is -0.0447. The van der Waals surface area contributed by atoms with E-state index in [1.807, 2.05) is 31.2 Å². The number of fused-ring (bicyclic) bond motifs is 2. The van der Waals surface area contributed by atoms with Crippen molar-refractivity contribution in [3.05, 3.63) is 36.9 Å². The smallest absolute Gasteiger partial charge is 0.280 e. The van der Waals surface area contributed by atoms with E-state index in [2.05, 4.69) is 25.3 Å². The van der Waals surface area contributed by atoms with Crippen molar-refractivity contribution in [1.29, 1.82) is 0 Å². The first-order valence-corrected chi connectivity index (χ1v) is 8.78. The number of para-hydroxylation sites is 1. The van der Waals surface area contributed by atoms with Crippen molar-refractivity contribution in [3.63, 3.8) is 0 Å². The summed E-state index contributed by atoms with van der Waals surface area (Å²) in [5.41, 5.74) is 2.28. The molecule has 1 aliphatic rings. The molecule has 28 heavy (non-hydrogen) atoms. The van der Waals surface area contributed by atoms with Crippen LogP contribution in [0, 0.1) is 5.92 Å². The van der Waals surface area contributed by atoms with Gasteiger partial charge in [0.25, 0.3) is 5.88 Å². The van der Waals surface area contributed by atoms with Crippen LogP contribution in [0.15, 0.2) is 36.9 Å². The van der Waals surface area contributed by atoms with Crippen LogP contribution in [-0.2, 0) is 4.74 Å². The van der Waals surface area contributed by atoms with Crippen LogP contribution in [-0.4, -0.2) is 63.7 Å². The molecule has 5 rings (SSSR count). The Morgan fingerprint density at radius 1 is 1.21 bits per heavy atom. The fourth-order valence-electron chi connectivity index (χ4n) is 3.44. The summed E-state index contributed by atoms with van der Waals surface area (Å²) in [7, 11) is 0. The van der Waals surface area contributed by atoms with Crippen LogP contribution >= 0.6 is 0 Å². The second-order valence-corrected chi connectivity index (χ2v) is 6.64. The van der Waals surface area contributed by atoms with Gasteiger partial charge in [-0.1, -0.05) is 23.9 Å². The lowest BCUT2D eigenvalue weighted by Gasteiger charge is -2.17. The molecule has 4 heterocycles. The number of hydrogen-bond donors (Lipinski definition) is 2. The quantitative estimate of drug-likeness (QED) is 0.510. The Morgan fingerprint density at radius 3 is 2.89 bits per heavy atom. The van der Waals surface area contributed by atoms with Crippen LogP contribution in [0.25, 0.3) is 22.2 Å². The number of hydrogen-bond acceptors (Lipinski definition) is 9. The van der Waals surface area contributed by atoms with E-state index >= 15 is 0 Å². The summed E-state index contributed by atoms with van der Waals surface area (Å²) in [4.78, 5) is 19.9. The van der Waals surface area contributed by atoms with Crippen molar-refractivity contribution in [3.8, 4) is 5.88 Å². The van der Waals surface area contributed by atoms with Gasteiger partial charge in [-0.15, -0.1) is 5.10 Å². The average Bonchev–Trinajstić information content (AvgIpc) is 3.40. The third-order valence-corrected chi connectivity index (χ3v) is 4.96. The first-order chi connectivity index (χ1) is 13.7. The fourth-order valence-corrected chi connectivity index (χ4v) is 3.44. The fraction of sp³-hybridized carbons (Fsp3) is 0.353. The second kappa shape index (κ2) is 6.48. The first-order valence-electron chi connectivity index (χ1n) is 8.78. The van der Waals surface area contributed by atoms with Crippen LogP contribution in [0.3, 0.4) is 0 Å². The molecule has 1 saturated heterocycles. The normalized spacial score (nSPS) is 25.0. The summed E-state index contributed by atoms with van der Waals surface area (Å²) < 4.78 is 7.49. The van der Waals surface area contributed by atoms with Gasteiger partial charge in [-0.3, -0.25) is 4.57 Å². The molecule has 144 valence electrons. The first kappa shape index (κ1) is 17.0. The highest BCUT2D eigenvalue weighted by Crippen LogP contribution is 2.36. The highest BCUT2D eigenvalue weighted by atomic mass is 16.7. The van der Waals surface area contributed by atoms with Gasteiger partial charge in [0.05, 0.1) is 19.0 Å². The largest absolute Gasteiger partial charge is 0.394 e. The number of aliphatic hydroxyl groups excluding tert-OH is 2. The molecule has 0 spiro atoms. The van der Waals surface area contributed by atoms with Crippen molar-refractivity contribution in [2.75, 3.05) is 6.61 Å². The molecule has 2 unspecified atom stereocenters. The molecule has 1 aliphatic heterocycles. The minimum atomic E-state index is -0.786. The van der Waals surface area contributed by atoms with Gasteiger partial charge in [-0.05, 0) is 17.3 Å². The van der Waals surface area contributed by atoms with E-state index in [1.165, 1.54) is 11.2 Å². The number of aromatic nitrogens is 7. The third-order valence-electron chi connectivity index (χ3n) is 4.96. The van der Waals surface area contributed by atoms with Gasteiger partial charge in [0.2, 0.25) is 0 Å². The van der Waals surface area contributed by atoms with Gasteiger partial charge in [0.15, 0.2) is 11.2 Å². The maximum absolute atomic E-state index is 10.2. The maximum atomic E-state index is 10.2. The van der Waals surface area contributed by atoms with E-state index in [4.69, 9.17) is 9.57 Å². The number of nitrogens with zero attached hydrogens (tertiary/aromatic N) is 7. The predicted octanol–water partition coefficient (Wildman–Crippen LogP) is 0.300. The van der Waals surface area contributed by atoms with Gasteiger partial charge in [-0.2, -0.15) is 4.98 Å². The van der Waals surface area contributed by atoms with Gasteiger partial charge < -0.3 is 19.8 Å². The molecular weight excluding hydrogens is 366 g/mol. The third kappa shape index (κ3) is 2.52. The zero-order chi connectivity index (χ0) is 19.3. The number of aliphatic hydroxyl groups is 2. The average molecular weight is 383 g/mol. The zero-order valence-corrected chi connectivity index (χ0v) is 14.8. The van der Waals surface area contributed by atoms with Crippen molar-refractivity contribution < 1.29 is 19.8 Å². The second-order valence-electron chi connectivity index (χ2n) is 6.64. The van der Waals surface area contributed by atoms with E-state index in [0.29, 0.717) is 22.2 Å². The van der Waals surface area contributed by atoms with E-state index in [-0.39, 0.29) is 18.4 Å². The number of rotatable bonds is 4. The molecule has 4 atom stereocenters. The topological polar surface area (TPSA) is 133 Å². The Hall–Kier alpha value is -3.15. The van der Waals surface area contributed by atoms with Crippen molar-refractivity contribution in [2.45, 2.75) is 25.4 Å². The zero-order valence-electron chi connectivity index (χ0n) is 14.8. The monoisotopic (exact) mass is 383 g/mol. The highest BCUT2D eigenvalue weighted by Gasteiger charge is 2.42. The molecule has 3 aromatic heterocycles. The molecule has 1 fully saturated rings. The Morgan fingerprint density at radius 2 is 2.07 bits per heavy atom. The minimum absolute atomic E-state index is 0.212. The van der Waals surface area contributed by atoms with Crippen molar-refractivity contribution >= 4 is 22.2 Å². The molecule has 2 N–H and O–H groups in total. The minimum Gasteiger partial charge on any atom is -0.394 e. The van der Waals surface area contributed by atoms with Gasteiger partial charge in [0, 0.05) is 5.92 Å². The summed E-state index contributed by atoms with van der Waals surface area (Å²) in [6.07, 6.45) is 0.948. The molecule has 11 nitrogen and oxygen atoms in total. The number of ether oxygens (including phenoxy) is 1. The SMILES string of the molecule is CC1C(O)[C@@H](CO)O[C@H]1n1cnc2c(On3nnc4ccccc43)ncnc21. The molecule has 0 aliphatic carbocycles. The van der Waals surface area contributed by atoms with Gasteiger partial charge >= 0.3 is 0 Å². The molecule has 4 aromatic rings. The molecule has 0 amide bonds. The molecule has 0 saturated carbocycles. The van der Waals surface area contributed by atoms with Crippen LogP contribution in [0.4, 0.5) is 0 Å². The van der Waals surface area contributed by atoms with Gasteiger partial charge in [0.1, 0.15) is 29.7 Å². The standard InChI is InChI=1S/C17H17N7O4/c1-9-14(26)12(6-25)27-17(9)23-8-20-13-15(23)18-7-19-16(13)28-24-11-5-3-2-4-10(11)21-22-24/h2-5,7-9,12,14,17,25-26H,6H2,1H3/t9?,12-,14?,17-/m1/s1. The van der Waals surface area contributed by atoms with E-state index in [1.54, 1.807) is 10.9 Å². The van der Waals surface area contributed by atoms with Crippen molar-refractivity contribution in [2.24, 2.45) is 5.92 Å². The predicted molar refractivity (Wildman–Crippen MR) is 95.0 cm³/mol. The maximum Gasteiger partial charge on any atom is 0.280 e. The Bertz CT molecular complexity index is 1140. The lowest BCUT2D eigenvalue weighted by atomic mass is 10.0. The van der Waals surface area contributed by atoms with Crippen molar-refractivity contribution in [1.82, 2.24) is 34.7 Å². The molecule has 0 bridgehead atoms. The molecule has 0 radical (unpaired) electrons. The van der Waals surface area contributed by atoms with Crippen LogP contribution in [0.5, 0.6) is 5.88 Å². The number of imidazole rings is 1. The summed E-state index contributed by atoms with van der Waals surface area (Å²) in [6, 6.07) is 7.38. The van der Waals surface area contributed by atoms with Crippen LogP contribution in [0.1, 0.15) is 13.2 Å². The molecular formula is C17H17N7O4. The molecule has 1 aromatic carbocycles.